The lowest BCUT2D eigenvalue weighted by molar-refractivity contribution is -0.136. The van der Waals surface area contributed by atoms with E-state index in [4.69, 9.17) is 9.47 Å². The Kier molecular flexibility index (Phi) is 6.73. The lowest BCUT2D eigenvalue weighted by atomic mass is 9.55. The highest BCUT2D eigenvalue weighted by molar-refractivity contribution is 6.39. The molecule has 0 radical (unpaired) electrons. The van der Waals surface area contributed by atoms with E-state index in [1.807, 2.05) is 6.92 Å². The third-order valence-corrected chi connectivity index (χ3v) is 8.60. The van der Waals surface area contributed by atoms with Crippen LogP contribution in [0, 0.1) is 17.3 Å². The van der Waals surface area contributed by atoms with Gasteiger partial charge in [0.1, 0.15) is 11.5 Å². The predicted molar refractivity (Wildman–Crippen MR) is 139 cm³/mol. The van der Waals surface area contributed by atoms with Crippen LogP contribution >= 0.6 is 0 Å². The average molecular weight is 490 g/mol. The summed E-state index contributed by atoms with van der Waals surface area (Å²) in [4.78, 5) is 24.9. The smallest absolute Gasteiger partial charge is 0.329 e. The van der Waals surface area contributed by atoms with E-state index in [0.29, 0.717) is 35.8 Å². The fourth-order valence-corrected chi connectivity index (χ4v) is 6.82. The minimum absolute atomic E-state index is 0.0377. The van der Waals surface area contributed by atoms with E-state index in [-0.39, 0.29) is 5.41 Å². The highest BCUT2D eigenvalue weighted by Crippen LogP contribution is 2.59. The summed E-state index contributed by atoms with van der Waals surface area (Å²) in [6.45, 7) is 4.78. The summed E-state index contributed by atoms with van der Waals surface area (Å²) >= 11 is 0. The summed E-state index contributed by atoms with van der Waals surface area (Å²) in [6, 6.07) is 13.5. The molecule has 3 aliphatic rings. The maximum absolute atomic E-state index is 12.5. The number of nitrogens with zero attached hydrogens (tertiary/aromatic N) is 1. The number of rotatable bonds is 5. The van der Waals surface area contributed by atoms with E-state index < -0.39 is 11.8 Å². The van der Waals surface area contributed by atoms with E-state index >= 15 is 0 Å². The Labute approximate surface area is 212 Å². The van der Waals surface area contributed by atoms with E-state index in [0.717, 1.165) is 43.6 Å². The van der Waals surface area contributed by atoms with Crippen molar-refractivity contribution >= 4 is 23.2 Å². The van der Waals surface area contributed by atoms with Crippen LogP contribution in [0.15, 0.2) is 47.6 Å². The maximum atomic E-state index is 12.5. The minimum Gasteiger partial charge on any atom is -0.497 e. The highest BCUT2D eigenvalue weighted by atomic mass is 16.5. The van der Waals surface area contributed by atoms with Gasteiger partial charge in [0, 0.05) is 16.8 Å². The fourth-order valence-electron chi connectivity index (χ4n) is 6.82. The van der Waals surface area contributed by atoms with Crippen LogP contribution in [0.25, 0.3) is 0 Å². The largest absolute Gasteiger partial charge is 0.497 e. The normalized spacial score (nSPS) is 27.4. The number of benzene rings is 2. The van der Waals surface area contributed by atoms with Crippen LogP contribution < -0.4 is 20.2 Å². The Morgan fingerprint density at radius 2 is 1.81 bits per heavy atom. The molecule has 0 spiro atoms. The number of hydrogen-bond donors (Lipinski definition) is 2. The van der Waals surface area contributed by atoms with Crippen LogP contribution in [0.1, 0.15) is 63.0 Å². The molecule has 2 N–H and O–H groups in total. The number of anilines is 1. The Hall–Kier alpha value is -3.35. The van der Waals surface area contributed by atoms with Gasteiger partial charge in [0.05, 0.1) is 13.7 Å². The molecule has 0 saturated heterocycles. The molecule has 0 bridgehead atoms. The van der Waals surface area contributed by atoms with Crippen molar-refractivity contribution in [1.29, 1.82) is 0 Å². The number of hydrogen-bond acceptors (Lipinski definition) is 5. The van der Waals surface area contributed by atoms with Crippen molar-refractivity contribution < 1.29 is 19.1 Å². The molecular formula is C29H35N3O4. The van der Waals surface area contributed by atoms with Gasteiger partial charge in [-0.1, -0.05) is 13.0 Å². The van der Waals surface area contributed by atoms with Gasteiger partial charge < -0.3 is 14.8 Å². The fraction of sp³-hybridized carbons (Fsp3) is 0.483. The van der Waals surface area contributed by atoms with Crippen LogP contribution in [-0.2, 0) is 16.0 Å². The van der Waals surface area contributed by atoms with Crippen molar-refractivity contribution in [2.45, 2.75) is 58.3 Å². The van der Waals surface area contributed by atoms with Crippen LogP contribution in [0.2, 0.25) is 0 Å². The van der Waals surface area contributed by atoms with Crippen LogP contribution in [-0.4, -0.2) is 31.2 Å². The van der Waals surface area contributed by atoms with Gasteiger partial charge in [0.15, 0.2) is 0 Å². The first-order valence-corrected chi connectivity index (χ1v) is 13.0. The summed E-state index contributed by atoms with van der Waals surface area (Å²) in [7, 11) is 1.72. The summed E-state index contributed by atoms with van der Waals surface area (Å²) in [6.07, 6.45) is 6.35. The number of hydrazone groups is 1. The molecule has 0 unspecified atom stereocenters. The van der Waals surface area contributed by atoms with E-state index in [9.17, 15) is 9.59 Å². The summed E-state index contributed by atoms with van der Waals surface area (Å²) in [5.41, 5.74) is 6.97. The molecule has 0 aliphatic heterocycles. The zero-order chi connectivity index (χ0) is 25.3. The Balaban J connectivity index is 1.23. The maximum Gasteiger partial charge on any atom is 0.329 e. The molecule has 5 rings (SSSR count). The van der Waals surface area contributed by atoms with E-state index in [2.05, 4.69) is 41.0 Å². The van der Waals surface area contributed by atoms with Gasteiger partial charge in [0.25, 0.3) is 0 Å². The number of amides is 2. The third-order valence-electron chi connectivity index (χ3n) is 8.60. The number of aryl methyl sites for hydroxylation is 1. The van der Waals surface area contributed by atoms with Crippen molar-refractivity contribution in [2.75, 3.05) is 19.0 Å². The molecule has 0 heterocycles. The van der Waals surface area contributed by atoms with Gasteiger partial charge in [-0.05, 0) is 111 Å². The third kappa shape index (κ3) is 4.47. The Morgan fingerprint density at radius 3 is 2.56 bits per heavy atom. The second-order valence-corrected chi connectivity index (χ2v) is 10.4. The SMILES string of the molecule is CCOc1ccc(NC(=O)C(=O)N/N=C2/CC[C@H]3[C@H]4CCc5cc(OC)ccc5[C@@H]4CC[C@@]23C)cc1. The summed E-state index contributed by atoms with van der Waals surface area (Å²) in [5, 5.41) is 7.13. The molecule has 7 nitrogen and oxygen atoms in total. The van der Waals surface area contributed by atoms with Gasteiger partial charge in [-0.2, -0.15) is 5.10 Å². The number of carbonyl (C=O) groups excluding carboxylic acids is 2. The Morgan fingerprint density at radius 1 is 1.03 bits per heavy atom. The number of nitrogens with one attached hydrogen (secondary N) is 2. The molecule has 2 amide bonds. The number of ether oxygens (including phenoxy) is 2. The monoisotopic (exact) mass is 489 g/mol. The quantitative estimate of drug-likeness (QED) is 0.454. The van der Waals surface area contributed by atoms with Crippen LogP contribution in [0.4, 0.5) is 5.69 Å². The first-order chi connectivity index (χ1) is 17.4. The van der Waals surface area contributed by atoms with E-state index in [1.165, 1.54) is 17.5 Å². The molecule has 36 heavy (non-hydrogen) atoms. The standard InChI is InChI=1S/C29H35N3O4/c1-4-36-20-8-6-19(7-9-20)30-27(33)28(34)32-31-26-14-13-25-24-11-5-18-17-21(35-3)10-12-22(18)23(24)15-16-29(25,26)2/h6-10,12,17,23-25H,4-5,11,13-16H2,1-3H3,(H,30,33)(H,32,34)/b31-26-/t23-,24-,25-,29+/m0/s1. The highest BCUT2D eigenvalue weighted by Gasteiger charge is 2.53. The van der Waals surface area contributed by atoms with Crippen molar-refractivity contribution in [3.05, 3.63) is 53.6 Å². The van der Waals surface area contributed by atoms with Crippen molar-refractivity contribution in [3.8, 4) is 11.5 Å². The minimum atomic E-state index is -0.752. The van der Waals surface area contributed by atoms with E-state index in [1.54, 1.807) is 31.4 Å². The molecule has 2 saturated carbocycles. The molecule has 4 atom stereocenters. The van der Waals surface area contributed by atoms with Crippen molar-refractivity contribution in [3.63, 3.8) is 0 Å². The average Bonchev–Trinajstić information content (AvgIpc) is 3.24. The number of fused-ring (bicyclic) bond motifs is 5. The lowest BCUT2D eigenvalue weighted by Gasteiger charge is -2.49. The van der Waals surface area contributed by atoms with Gasteiger partial charge >= 0.3 is 11.8 Å². The van der Waals surface area contributed by atoms with Crippen LogP contribution in [0.5, 0.6) is 11.5 Å². The molecule has 0 aromatic heterocycles. The second kappa shape index (κ2) is 9.96. The summed E-state index contributed by atoms with van der Waals surface area (Å²) in [5.74, 6) is 1.91. The lowest BCUT2D eigenvalue weighted by Crippen LogP contribution is -2.43. The van der Waals surface area contributed by atoms with Crippen molar-refractivity contribution in [2.24, 2.45) is 22.4 Å². The summed E-state index contributed by atoms with van der Waals surface area (Å²) < 4.78 is 10.8. The van der Waals surface area contributed by atoms with Crippen molar-refractivity contribution in [1.82, 2.24) is 5.43 Å². The van der Waals surface area contributed by atoms with Gasteiger partial charge in [-0.15, -0.1) is 0 Å². The zero-order valence-electron chi connectivity index (χ0n) is 21.3. The second-order valence-electron chi connectivity index (χ2n) is 10.4. The molecule has 2 aromatic rings. The molecule has 2 fully saturated rings. The van der Waals surface area contributed by atoms with Gasteiger partial charge in [-0.25, -0.2) is 5.43 Å². The van der Waals surface area contributed by atoms with Gasteiger partial charge in [0.2, 0.25) is 0 Å². The first kappa shape index (κ1) is 24.3. The predicted octanol–water partition coefficient (Wildman–Crippen LogP) is 5.06. The van der Waals surface area contributed by atoms with Gasteiger partial charge in [-0.3, -0.25) is 9.59 Å². The number of methoxy groups -OCH3 is 1. The first-order valence-electron chi connectivity index (χ1n) is 13.0. The molecular weight excluding hydrogens is 454 g/mol. The molecule has 190 valence electrons. The number of carbonyl (C=O) groups is 2. The van der Waals surface area contributed by atoms with Crippen LogP contribution in [0.3, 0.4) is 0 Å². The zero-order valence-corrected chi connectivity index (χ0v) is 21.3. The molecule has 2 aromatic carbocycles. The topological polar surface area (TPSA) is 89.0 Å². The Bertz CT molecular complexity index is 1180. The molecule has 7 heteroatoms. The molecule has 3 aliphatic carbocycles.